The van der Waals surface area contributed by atoms with Gasteiger partial charge in [0.2, 0.25) is 17.3 Å². The highest BCUT2D eigenvalue weighted by Crippen LogP contribution is 2.32. The van der Waals surface area contributed by atoms with Crippen LogP contribution in [-0.2, 0) is 19.1 Å². The fourth-order valence-corrected chi connectivity index (χ4v) is 2.86. The molecule has 7 heteroatoms. The second-order valence-electron chi connectivity index (χ2n) is 3.74. The molecule has 2 fully saturated rings. The number of rotatable bonds is 2. The fourth-order valence-electron chi connectivity index (χ4n) is 1.83. The van der Waals surface area contributed by atoms with Gasteiger partial charge in [0.15, 0.2) is 0 Å². The molecule has 0 bridgehead atoms. The van der Waals surface area contributed by atoms with Crippen LogP contribution in [0.3, 0.4) is 0 Å². The zero-order chi connectivity index (χ0) is 11.7. The smallest absolute Gasteiger partial charge is 0.343 e. The minimum atomic E-state index is -1.03. The Morgan fingerprint density at radius 3 is 2.81 bits per heavy atom. The lowest BCUT2D eigenvalue weighted by Crippen LogP contribution is -2.46. The lowest BCUT2D eigenvalue weighted by atomic mass is 9.93. The van der Waals surface area contributed by atoms with Crippen LogP contribution in [0.15, 0.2) is 0 Å². The van der Waals surface area contributed by atoms with E-state index in [9.17, 15) is 14.4 Å². The normalized spacial score (nSPS) is 34.9. The molecule has 3 atom stereocenters. The maximum Gasteiger partial charge on any atom is 0.343 e. The van der Waals surface area contributed by atoms with Crippen molar-refractivity contribution < 1.29 is 24.2 Å². The number of thioether (sulfide) groups is 1. The minimum absolute atomic E-state index is 0.276. The van der Waals surface area contributed by atoms with Gasteiger partial charge in [0.25, 0.3) is 0 Å². The summed E-state index contributed by atoms with van der Waals surface area (Å²) in [4.78, 5) is 33.1. The summed E-state index contributed by atoms with van der Waals surface area (Å²) in [6.07, 6.45) is 0.320. The maximum atomic E-state index is 11.5. The van der Waals surface area contributed by atoms with Gasteiger partial charge in [0, 0.05) is 12.2 Å². The fraction of sp³-hybridized carbons (Fsp3) is 0.667. The topological polar surface area (TPSA) is 92.7 Å². The average molecular weight is 245 g/mol. The van der Waals surface area contributed by atoms with Crippen molar-refractivity contribution in [2.75, 3.05) is 5.75 Å². The van der Waals surface area contributed by atoms with E-state index >= 15 is 0 Å². The Hall–Kier alpha value is -1.08. The molecular weight excluding hydrogens is 234 g/mol. The van der Waals surface area contributed by atoms with Gasteiger partial charge in [-0.3, -0.25) is 14.9 Å². The predicted octanol–water partition coefficient (Wildman–Crippen LogP) is -0.418. The summed E-state index contributed by atoms with van der Waals surface area (Å²) >= 11 is 1.17. The van der Waals surface area contributed by atoms with E-state index in [0.717, 1.165) is 0 Å². The average Bonchev–Trinajstić information content (AvgIpc) is 2.66. The Morgan fingerprint density at radius 1 is 1.50 bits per heavy atom. The molecular formula is C9H11NO5S. The molecule has 0 radical (unpaired) electrons. The second kappa shape index (κ2) is 4.42. The highest BCUT2D eigenvalue weighted by atomic mass is 32.2. The van der Waals surface area contributed by atoms with Gasteiger partial charge in [-0.05, 0) is 6.42 Å². The van der Waals surface area contributed by atoms with Crippen molar-refractivity contribution in [3.8, 4) is 0 Å². The first-order valence-electron chi connectivity index (χ1n) is 4.91. The Labute approximate surface area is 95.7 Å². The first kappa shape index (κ1) is 11.4. The number of aliphatic carboxylic acids is 1. The third kappa shape index (κ3) is 2.19. The summed E-state index contributed by atoms with van der Waals surface area (Å²) in [5.74, 6) is -1.59. The summed E-state index contributed by atoms with van der Waals surface area (Å²) in [6, 6.07) is 0. The zero-order valence-corrected chi connectivity index (χ0v) is 9.16. The van der Waals surface area contributed by atoms with Crippen LogP contribution >= 0.6 is 11.8 Å². The van der Waals surface area contributed by atoms with Crippen LogP contribution in [0.1, 0.15) is 12.8 Å². The van der Waals surface area contributed by atoms with Crippen LogP contribution in [0.5, 0.6) is 0 Å². The molecule has 0 aromatic heterocycles. The number of hydrogen-bond acceptors (Lipinski definition) is 5. The number of piperidine rings is 1. The lowest BCUT2D eigenvalue weighted by molar-refractivity contribution is -0.151. The molecule has 0 aliphatic carbocycles. The number of imide groups is 1. The van der Waals surface area contributed by atoms with Crippen LogP contribution in [0.2, 0.25) is 0 Å². The van der Waals surface area contributed by atoms with Crippen molar-refractivity contribution in [1.82, 2.24) is 5.32 Å². The first-order chi connectivity index (χ1) is 7.58. The first-order valence-corrected chi connectivity index (χ1v) is 5.96. The molecule has 16 heavy (non-hydrogen) atoms. The summed E-state index contributed by atoms with van der Waals surface area (Å²) in [5, 5.41) is 11.0. The maximum absolute atomic E-state index is 11.5. The van der Waals surface area contributed by atoms with Gasteiger partial charge in [-0.25, -0.2) is 4.79 Å². The zero-order valence-electron chi connectivity index (χ0n) is 8.34. The number of nitrogens with one attached hydrogen (secondary N) is 1. The molecule has 2 amide bonds. The van der Waals surface area contributed by atoms with E-state index in [1.165, 1.54) is 11.8 Å². The number of carbonyl (C=O) groups is 3. The van der Waals surface area contributed by atoms with Crippen molar-refractivity contribution in [1.29, 1.82) is 0 Å². The van der Waals surface area contributed by atoms with Crippen molar-refractivity contribution in [3.63, 3.8) is 0 Å². The molecule has 2 N–H and O–H groups in total. The largest absolute Gasteiger partial charge is 0.479 e. The number of carbonyl (C=O) groups excluding carboxylic acids is 2. The van der Waals surface area contributed by atoms with E-state index in [2.05, 4.69) is 5.32 Å². The van der Waals surface area contributed by atoms with Crippen molar-refractivity contribution in [3.05, 3.63) is 0 Å². The Kier molecular flexibility index (Phi) is 3.15. The summed E-state index contributed by atoms with van der Waals surface area (Å²) in [7, 11) is 0. The molecule has 2 rings (SSSR count). The SMILES string of the molecule is O=C1CCC(C2CSC(C(=O)O)O2)C(=O)N1. The van der Waals surface area contributed by atoms with Crippen molar-refractivity contribution >= 4 is 29.5 Å². The van der Waals surface area contributed by atoms with Crippen LogP contribution in [0, 0.1) is 5.92 Å². The quantitative estimate of drug-likeness (QED) is 0.642. The van der Waals surface area contributed by atoms with Crippen LogP contribution < -0.4 is 5.32 Å². The second-order valence-corrected chi connectivity index (χ2v) is 4.83. The molecule has 0 spiro atoms. The number of hydrogen-bond donors (Lipinski definition) is 2. The molecule has 2 saturated heterocycles. The molecule has 2 aliphatic rings. The van der Waals surface area contributed by atoms with E-state index in [-0.39, 0.29) is 11.8 Å². The molecule has 0 aromatic rings. The van der Waals surface area contributed by atoms with Gasteiger partial charge >= 0.3 is 5.97 Å². The summed E-state index contributed by atoms with van der Waals surface area (Å²) in [6.45, 7) is 0. The van der Waals surface area contributed by atoms with Gasteiger partial charge in [0.05, 0.1) is 12.0 Å². The molecule has 2 heterocycles. The van der Waals surface area contributed by atoms with Crippen LogP contribution in [-0.4, -0.2) is 40.2 Å². The third-order valence-electron chi connectivity index (χ3n) is 2.64. The van der Waals surface area contributed by atoms with Gasteiger partial charge in [-0.15, -0.1) is 11.8 Å². The molecule has 3 unspecified atom stereocenters. The lowest BCUT2D eigenvalue weighted by Gasteiger charge is -2.25. The minimum Gasteiger partial charge on any atom is -0.479 e. The third-order valence-corrected chi connectivity index (χ3v) is 3.78. The van der Waals surface area contributed by atoms with Gasteiger partial charge < -0.3 is 9.84 Å². The highest BCUT2D eigenvalue weighted by Gasteiger charge is 2.41. The molecule has 2 aliphatic heterocycles. The van der Waals surface area contributed by atoms with E-state index in [4.69, 9.17) is 9.84 Å². The summed E-state index contributed by atoms with van der Waals surface area (Å²) in [5.41, 5.74) is -0.893. The predicted molar refractivity (Wildman–Crippen MR) is 54.6 cm³/mol. The highest BCUT2D eigenvalue weighted by molar-refractivity contribution is 8.00. The van der Waals surface area contributed by atoms with Gasteiger partial charge in [0.1, 0.15) is 0 Å². The summed E-state index contributed by atoms with van der Waals surface area (Å²) < 4.78 is 5.26. The van der Waals surface area contributed by atoms with Crippen LogP contribution in [0.25, 0.3) is 0 Å². The molecule has 0 aromatic carbocycles. The van der Waals surface area contributed by atoms with E-state index in [1.807, 2.05) is 0 Å². The van der Waals surface area contributed by atoms with Crippen molar-refractivity contribution in [2.24, 2.45) is 5.92 Å². The Morgan fingerprint density at radius 2 is 2.25 bits per heavy atom. The van der Waals surface area contributed by atoms with E-state index in [0.29, 0.717) is 18.6 Å². The van der Waals surface area contributed by atoms with E-state index in [1.54, 1.807) is 0 Å². The monoisotopic (exact) mass is 245 g/mol. The molecule has 0 saturated carbocycles. The van der Waals surface area contributed by atoms with E-state index < -0.39 is 23.4 Å². The number of carboxylic acids is 1. The van der Waals surface area contributed by atoms with Gasteiger partial charge in [-0.1, -0.05) is 0 Å². The standard InChI is InChI=1S/C9H11NO5S/c11-6-2-1-4(7(12)10-6)5-3-16-9(15-5)8(13)14/h4-5,9H,1-3H2,(H,13,14)(H,10,11,12). The Bertz CT molecular complexity index is 345. The van der Waals surface area contributed by atoms with Gasteiger partial charge in [-0.2, -0.15) is 0 Å². The van der Waals surface area contributed by atoms with Crippen LogP contribution in [0.4, 0.5) is 0 Å². The number of carboxylic acid groups (broad SMARTS) is 1. The number of ether oxygens (including phenoxy) is 1. The molecule has 6 nitrogen and oxygen atoms in total. The Balaban J connectivity index is 1.96. The number of amides is 2. The van der Waals surface area contributed by atoms with Crippen molar-refractivity contribution in [2.45, 2.75) is 24.4 Å². The molecule has 88 valence electrons.